The first-order valence-corrected chi connectivity index (χ1v) is 6.83. The number of hydrogen-bond acceptors (Lipinski definition) is 6. The van der Waals surface area contributed by atoms with E-state index in [1.807, 2.05) is 0 Å². The Morgan fingerprint density at radius 1 is 1.23 bits per heavy atom. The molecule has 22 heavy (non-hydrogen) atoms. The van der Waals surface area contributed by atoms with Gasteiger partial charge >= 0.3 is 5.97 Å². The van der Waals surface area contributed by atoms with Gasteiger partial charge in [-0.2, -0.15) is 0 Å². The molecule has 0 bridgehead atoms. The molecule has 2 aromatic heterocycles. The van der Waals surface area contributed by atoms with Gasteiger partial charge in [0.25, 0.3) is 0 Å². The summed E-state index contributed by atoms with van der Waals surface area (Å²) in [5, 5.41) is 7.86. The van der Waals surface area contributed by atoms with Gasteiger partial charge in [-0.3, -0.25) is 9.59 Å². The van der Waals surface area contributed by atoms with Gasteiger partial charge < -0.3 is 4.74 Å². The van der Waals surface area contributed by atoms with Crippen molar-refractivity contribution in [1.82, 2.24) is 20.0 Å². The zero-order valence-corrected chi connectivity index (χ0v) is 13.0. The number of Topliss-reactive ketones (excluding diaryl/α,β-unsaturated/α-hetero) is 1. The van der Waals surface area contributed by atoms with Gasteiger partial charge in [-0.15, -0.1) is 5.10 Å². The standard InChI is InChI=1S/C15H18N4O3/c1-10(20)11-6-5-7-12(16-11)13-8-19(18-17-13)9-22-14(21)15(2,3)4/h5-8H,9H2,1-4H3. The third-order valence-electron chi connectivity index (χ3n) is 2.85. The summed E-state index contributed by atoms with van der Waals surface area (Å²) >= 11 is 0. The highest BCUT2D eigenvalue weighted by Crippen LogP contribution is 2.16. The maximum Gasteiger partial charge on any atom is 0.313 e. The van der Waals surface area contributed by atoms with Crippen molar-refractivity contribution in [2.45, 2.75) is 34.4 Å². The molecule has 0 unspecified atom stereocenters. The molecular weight excluding hydrogens is 284 g/mol. The van der Waals surface area contributed by atoms with Crippen LogP contribution in [0.25, 0.3) is 11.4 Å². The largest absolute Gasteiger partial charge is 0.442 e. The zero-order valence-electron chi connectivity index (χ0n) is 13.0. The molecule has 0 N–H and O–H groups in total. The molecule has 0 atom stereocenters. The lowest BCUT2D eigenvalue weighted by atomic mass is 9.98. The molecule has 0 saturated carbocycles. The van der Waals surface area contributed by atoms with Crippen molar-refractivity contribution in [2.75, 3.05) is 0 Å². The Morgan fingerprint density at radius 2 is 1.95 bits per heavy atom. The third-order valence-corrected chi connectivity index (χ3v) is 2.85. The van der Waals surface area contributed by atoms with Crippen LogP contribution in [0.1, 0.15) is 38.2 Å². The SMILES string of the molecule is CC(=O)c1cccc(-c2cn(COC(=O)C(C)(C)C)nn2)n1. The van der Waals surface area contributed by atoms with Crippen LogP contribution in [0.15, 0.2) is 24.4 Å². The van der Waals surface area contributed by atoms with Crippen LogP contribution in [-0.2, 0) is 16.3 Å². The number of aromatic nitrogens is 4. The number of carbonyl (C=O) groups is 2. The van der Waals surface area contributed by atoms with E-state index in [4.69, 9.17) is 4.74 Å². The molecule has 0 saturated heterocycles. The first-order chi connectivity index (χ1) is 10.3. The van der Waals surface area contributed by atoms with Crippen LogP contribution >= 0.6 is 0 Å². The second kappa shape index (κ2) is 6.05. The van der Waals surface area contributed by atoms with E-state index in [0.717, 1.165) is 0 Å². The summed E-state index contributed by atoms with van der Waals surface area (Å²) in [5.41, 5.74) is 0.850. The third kappa shape index (κ3) is 3.75. The molecule has 0 amide bonds. The molecule has 0 aliphatic heterocycles. The number of nitrogens with zero attached hydrogens (tertiary/aromatic N) is 4. The molecule has 2 heterocycles. The summed E-state index contributed by atoms with van der Waals surface area (Å²) in [5.74, 6) is -0.436. The minimum Gasteiger partial charge on any atom is -0.442 e. The maximum atomic E-state index is 11.7. The summed E-state index contributed by atoms with van der Waals surface area (Å²) in [6, 6.07) is 5.11. The van der Waals surface area contributed by atoms with Crippen molar-refractivity contribution >= 4 is 11.8 Å². The second-order valence-corrected chi connectivity index (χ2v) is 5.92. The van der Waals surface area contributed by atoms with Crippen molar-refractivity contribution in [2.24, 2.45) is 5.41 Å². The minimum absolute atomic E-state index is 0.0184. The lowest BCUT2D eigenvalue weighted by molar-refractivity contribution is -0.157. The summed E-state index contributed by atoms with van der Waals surface area (Å²) < 4.78 is 6.55. The predicted octanol–water partition coefficient (Wildman–Crippen LogP) is 2.09. The van der Waals surface area contributed by atoms with Gasteiger partial charge in [-0.05, 0) is 32.9 Å². The number of carbonyl (C=O) groups excluding carboxylic acids is 2. The molecule has 7 nitrogen and oxygen atoms in total. The Morgan fingerprint density at radius 3 is 2.59 bits per heavy atom. The first kappa shape index (κ1) is 15.8. The number of rotatable bonds is 4. The van der Waals surface area contributed by atoms with Crippen molar-refractivity contribution in [3.8, 4) is 11.4 Å². The Bertz CT molecular complexity index is 701. The van der Waals surface area contributed by atoms with Gasteiger partial charge in [-0.1, -0.05) is 11.3 Å². The molecule has 0 fully saturated rings. The van der Waals surface area contributed by atoms with Crippen LogP contribution < -0.4 is 0 Å². The van der Waals surface area contributed by atoms with Crippen molar-refractivity contribution in [1.29, 1.82) is 0 Å². The topological polar surface area (TPSA) is 87.0 Å². The summed E-state index contributed by atoms with van der Waals surface area (Å²) in [6.45, 7) is 6.77. The van der Waals surface area contributed by atoms with Gasteiger partial charge in [0.1, 0.15) is 11.4 Å². The van der Waals surface area contributed by atoms with E-state index >= 15 is 0 Å². The molecule has 0 aromatic carbocycles. The normalized spacial score (nSPS) is 11.3. The van der Waals surface area contributed by atoms with Crippen LogP contribution in [0.5, 0.6) is 0 Å². The molecule has 0 aliphatic carbocycles. The fourth-order valence-corrected chi connectivity index (χ4v) is 1.59. The van der Waals surface area contributed by atoms with Crippen LogP contribution in [-0.4, -0.2) is 31.7 Å². The highest BCUT2D eigenvalue weighted by atomic mass is 16.5. The lowest BCUT2D eigenvalue weighted by Gasteiger charge is -2.15. The number of esters is 1. The van der Waals surface area contributed by atoms with Crippen molar-refractivity contribution < 1.29 is 14.3 Å². The smallest absolute Gasteiger partial charge is 0.313 e. The van der Waals surface area contributed by atoms with Crippen LogP contribution in [0.4, 0.5) is 0 Å². The Labute approximate surface area is 128 Å². The number of pyridine rings is 1. The van der Waals surface area contributed by atoms with Crippen LogP contribution in [0, 0.1) is 5.41 Å². The molecule has 0 spiro atoms. The highest BCUT2D eigenvalue weighted by Gasteiger charge is 2.23. The van der Waals surface area contributed by atoms with Crippen LogP contribution in [0.3, 0.4) is 0 Å². The predicted molar refractivity (Wildman–Crippen MR) is 78.8 cm³/mol. The minimum atomic E-state index is -0.569. The fraction of sp³-hybridized carbons (Fsp3) is 0.400. The van der Waals surface area contributed by atoms with E-state index in [9.17, 15) is 9.59 Å². The molecule has 0 radical (unpaired) electrons. The van der Waals surface area contributed by atoms with E-state index in [2.05, 4.69) is 15.3 Å². The Hall–Kier alpha value is -2.57. The van der Waals surface area contributed by atoms with Gasteiger partial charge in [0.05, 0.1) is 17.3 Å². The van der Waals surface area contributed by atoms with Crippen molar-refractivity contribution in [3.63, 3.8) is 0 Å². The zero-order chi connectivity index (χ0) is 16.3. The summed E-state index contributed by atoms with van der Waals surface area (Å²) in [6.07, 6.45) is 1.61. The first-order valence-electron chi connectivity index (χ1n) is 6.83. The molecule has 2 aromatic rings. The quantitative estimate of drug-likeness (QED) is 0.635. The van der Waals surface area contributed by atoms with E-state index < -0.39 is 5.41 Å². The molecule has 7 heteroatoms. The average molecular weight is 302 g/mol. The van der Waals surface area contributed by atoms with E-state index in [1.165, 1.54) is 11.6 Å². The van der Waals surface area contributed by atoms with E-state index in [1.54, 1.807) is 45.2 Å². The number of hydrogen-bond donors (Lipinski definition) is 0. The van der Waals surface area contributed by atoms with Gasteiger partial charge in [0.2, 0.25) is 0 Å². The van der Waals surface area contributed by atoms with Gasteiger partial charge in [-0.25, -0.2) is 9.67 Å². The fourth-order valence-electron chi connectivity index (χ4n) is 1.59. The molecular formula is C15H18N4O3. The lowest BCUT2D eigenvalue weighted by Crippen LogP contribution is -2.24. The Kier molecular flexibility index (Phi) is 4.35. The van der Waals surface area contributed by atoms with Gasteiger partial charge in [0, 0.05) is 6.92 Å². The molecule has 0 aliphatic rings. The van der Waals surface area contributed by atoms with Crippen molar-refractivity contribution in [3.05, 3.63) is 30.1 Å². The van der Waals surface area contributed by atoms with Gasteiger partial charge in [0.15, 0.2) is 12.5 Å². The number of ketones is 1. The van der Waals surface area contributed by atoms with Crippen LogP contribution in [0.2, 0.25) is 0 Å². The monoisotopic (exact) mass is 302 g/mol. The summed E-state index contributed by atoms with van der Waals surface area (Å²) in [7, 11) is 0. The molecule has 2 rings (SSSR count). The number of ether oxygens (including phenoxy) is 1. The average Bonchev–Trinajstić information content (AvgIpc) is 2.92. The maximum absolute atomic E-state index is 11.7. The summed E-state index contributed by atoms with van der Waals surface area (Å²) in [4.78, 5) is 27.3. The van der Waals surface area contributed by atoms with E-state index in [-0.39, 0.29) is 18.5 Å². The van der Waals surface area contributed by atoms with E-state index in [0.29, 0.717) is 17.1 Å². The highest BCUT2D eigenvalue weighted by molar-refractivity contribution is 5.92. The molecule has 116 valence electrons. The Balaban J connectivity index is 2.10. The second-order valence-electron chi connectivity index (χ2n) is 5.92.